The average molecular weight is 366 g/mol. The van der Waals surface area contributed by atoms with Crippen LogP contribution in [0.2, 0.25) is 0 Å². The van der Waals surface area contributed by atoms with Gasteiger partial charge in [-0.3, -0.25) is 14.2 Å². The van der Waals surface area contributed by atoms with Gasteiger partial charge in [0.25, 0.3) is 5.56 Å². The summed E-state index contributed by atoms with van der Waals surface area (Å²) >= 11 is 3.02. The molecule has 0 aromatic carbocycles. The molecule has 24 heavy (non-hydrogen) atoms. The van der Waals surface area contributed by atoms with Gasteiger partial charge in [0.05, 0.1) is 10.6 Å². The van der Waals surface area contributed by atoms with Crippen LogP contribution in [0.3, 0.4) is 0 Å². The molecule has 0 radical (unpaired) electrons. The summed E-state index contributed by atoms with van der Waals surface area (Å²) in [5.41, 5.74) is 1.28. The van der Waals surface area contributed by atoms with Crippen LogP contribution in [0.5, 0.6) is 0 Å². The highest BCUT2D eigenvalue weighted by Gasteiger charge is 2.24. The molecule has 5 nitrogen and oxygen atoms in total. The molecule has 1 aliphatic carbocycles. The minimum absolute atomic E-state index is 0.0198. The number of aromatic nitrogens is 2. The lowest BCUT2D eigenvalue weighted by Gasteiger charge is -2.15. The Morgan fingerprint density at radius 2 is 2.21 bits per heavy atom. The van der Waals surface area contributed by atoms with E-state index in [1.165, 1.54) is 22.2 Å². The first-order valence-electron chi connectivity index (χ1n) is 8.56. The maximum absolute atomic E-state index is 13.1. The largest absolute Gasteiger partial charge is 0.355 e. The normalized spacial score (nSPS) is 14.8. The Bertz CT molecular complexity index is 825. The smallest absolute Gasteiger partial charge is 0.263 e. The van der Waals surface area contributed by atoms with Gasteiger partial charge >= 0.3 is 0 Å². The summed E-state index contributed by atoms with van der Waals surface area (Å²) in [5.74, 6) is -0.0198. The summed E-state index contributed by atoms with van der Waals surface area (Å²) in [6, 6.07) is 0. The Morgan fingerprint density at radius 3 is 2.92 bits per heavy atom. The van der Waals surface area contributed by atoms with Gasteiger partial charge in [-0.2, -0.15) is 0 Å². The van der Waals surface area contributed by atoms with Crippen molar-refractivity contribution in [1.82, 2.24) is 14.9 Å². The summed E-state index contributed by atoms with van der Waals surface area (Å²) in [7, 11) is 0. The standard InChI is InChI=1S/C17H23N3O2S2/c1-4-9-20-16(22)13-11-7-6-8-12(11)24-15(13)19-17(20)23-10(3)14(21)18-5-2/h10H,4-9H2,1-3H3,(H,18,21)/t10-/m0/s1. The number of nitrogens with one attached hydrogen (secondary N) is 1. The van der Waals surface area contributed by atoms with Gasteiger partial charge in [0.1, 0.15) is 4.83 Å². The van der Waals surface area contributed by atoms with Crippen LogP contribution < -0.4 is 10.9 Å². The zero-order chi connectivity index (χ0) is 17.3. The molecule has 1 atom stereocenters. The van der Waals surface area contributed by atoms with E-state index in [9.17, 15) is 9.59 Å². The van der Waals surface area contributed by atoms with Crippen LogP contribution in [0.4, 0.5) is 0 Å². The number of thioether (sulfide) groups is 1. The van der Waals surface area contributed by atoms with Crippen molar-refractivity contribution in [3.63, 3.8) is 0 Å². The fourth-order valence-electron chi connectivity index (χ4n) is 3.10. The van der Waals surface area contributed by atoms with Gasteiger partial charge in [-0.15, -0.1) is 11.3 Å². The first-order valence-corrected chi connectivity index (χ1v) is 10.3. The van der Waals surface area contributed by atoms with E-state index in [-0.39, 0.29) is 16.7 Å². The van der Waals surface area contributed by atoms with E-state index >= 15 is 0 Å². The van der Waals surface area contributed by atoms with Crippen LogP contribution in [0.1, 0.15) is 44.1 Å². The number of carbonyl (C=O) groups excluding carboxylic acids is 1. The molecule has 1 amide bonds. The van der Waals surface area contributed by atoms with Crippen molar-refractivity contribution in [1.29, 1.82) is 0 Å². The van der Waals surface area contributed by atoms with Crippen molar-refractivity contribution in [2.24, 2.45) is 0 Å². The van der Waals surface area contributed by atoms with Crippen LogP contribution in [0.25, 0.3) is 10.2 Å². The molecule has 1 aliphatic rings. The molecule has 0 saturated heterocycles. The number of fused-ring (bicyclic) bond motifs is 3. The molecule has 0 fully saturated rings. The summed E-state index contributed by atoms with van der Waals surface area (Å²) in [6.45, 7) is 7.05. The molecule has 130 valence electrons. The number of thiophene rings is 1. The van der Waals surface area contributed by atoms with Crippen LogP contribution in [-0.2, 0) is 24.2 Å². The molecule has 2 heterocycles. The zero-order valence-electron chi connectivity index (χ0n) is 14.3. The number of aryl methyl sites for hydroxylation is 2. The van der Waals surface area contributed by atoms with Gasteiger partial charge in [0.2, 0.25) is 5.91 Å². The number of rotatable bonds is 6. The van der Waals surface area contributed by atoms with Gasteiger partial charge in [0.15, 0.2) is 5.16 Å². The van der Waals surface area contributed by atoms with Gasteiger partial charge in [-0.1, -0.05) is 18.7 Å². The lowest BCUT2D eigenvalue weighted by molar-refractivity contribution is -0.120. The van der Waals surface area contributed by atoms with Gasteiger partial charge < -0.3 is 5.32 Å². The van der Waals surface area contributed by atoms with E-state index < -0.39 is 0 Å². The number of nitrogens with zero attached hydrogens (tertiary/aromatic N) is 2. The van der Waals surface area contributed by atoms with Gasteiger partial charge in [-0.05, 0) is 45.1 Å². The second kappa shape index (κ2) is 7.27. The summed E-state index contributed by atoms with van der Waals surface area (Å²) in [6.07, 6.45) is 4.04. The molecule has 0 bridgehead atoms. The van der Waals surface area contributed by atoms with Crippen molar-refractivity contribution in [3.05, 3.63) is 20.8 Å². The number of hydrogen-bond donors (Lipinski definition) is 1. The molecule has 3 rings (SSSR count). The Morgan fingerprint density at radius 1 is 1.42 bits per heavy atom. The van der Waals surface area contributed by atoms with E-state index in [1.54, 1.807) is 15.9 Å². The maximum Gasteiger partial charge on any atom is 0.263 e. The van der Waals surface area contributed by atoms with Crippen molar-refractivity contribution in [2.45, 2.75) is 63.4 Å². The van der Waals surface area contributed by atoms with Crippen molar-refractivity contribution in [2.75, 3.05) is 6.54 Å². The third-order valence-electron chi connectivity index (χ3n) is 4.24. The predicted octanol–water partition coefficient (Wildman–Crippen LogP) is 2.97. The van der Waals surface area contributed by atoms with Crippen molar-refractivity contribution < 1.29 is 4.79 Å². The summed E-state index contributed by atoms with van der Waals surface area (Å²) < 4.78 is 1.76. The van der Waals surface area contributed by atoms with E-state index in [0.29, 0.717) is 18.2 Å². The molecule has 2 aromatic rings. The summed E-state index contributed by atoms with van der Waals surface area (Å²) in [4.78, 5) is 32.0. The third kappa shape index (κ3) is 3.11. The Hall–Kier alpha value is -1.34. The van der Waals surface area contributed by atoms with E-state index in [1.807, 2.05) is 13.8 Å². The van der Waals surface area contributed by atoms with Crippen LogP contribution >= 0.6 is 23.1 Å². The maximum atomic E-state index is 13.1. The molecular weight excluding hydrogens is 342 g/mol. The number of carbonyl (C=O) groups is 1. The Kier molecular flexibility index (Phi) is 5.30. The third-order valence-corrected chi connectivity index (χ3v) is 6.52. The van der Waals surface area contributed by atoms with Crippen LogP contribution in [0.15, 0.2) is 9.95 Å². The topological polar surface area (TPSA) is 64.0 Å². The fourth-order valence-corrected chi connectivity index (χ4v) is 5.36. The lowest BCUT2D eigenvalue weighted by Crippen LogP contribution is -2.31. The molecule has 7 heteroatoms. The first kappa shape index (κ1) is 17.5. The predicted molar refractivity (Wildman–Crippen MR) is 100 cm³/mol. The molecule has 1 N–H and O–H groups in total. The van der Waals surface area contributed by atoms with E-state index in [0.717, 1.165) is 35.9 Å². The fraction of sp³-hybridized carbons (Fsp3) is 0.588. The zero-order valence-corrected chi connectivity index (χ0v) is 16.0. The highest BCUT2D eigenvalue weighted by atomic mass is 32.2. The highest BCUT2D eigenvalue weighted by molar-refractivity contribution is 8.00. The first-order chi connectivity index (χ1) is 11.6. The molecular formula is C17H23N3O2S2. The van der Waals surface area contributed by atoms with Crippen molar-refractivity contribution >= 4 is 39.2 Å². The lowest BCUT2D eigenvalue weighted by atomic mass is 10.2. The Balaban J connectivity index is 2.05. The molecule has 0 saturated carbocycles. The van der Waals surface area contributed by atoms with Crippen molar-refractivity contribution in [3.8, 4) is 0 Å². The quantitative estimate of drug-likeness (QED) is 0.631. The number of amides is 1. The van der Waals surface area contributed by atoms with E-state index in [4.69, 9.17) is 4.98 Å². The van der Waals surface area contributed by atoms with Gasteiger partial charge in [0, 0.05) is 18.0 Å². The molecule has 0 aliphatic heterocycles. The monoisotopic (exact) mass is 365 g/mol. The average Bonchev–Trinajstić information content (AvgIpc) is 3.11. The second-order valence-electron chi connectivity index (χ2n) is 6.04. The minimum atomic E-state index is -0.274. The van der Waals surface area contributed by atoms with Crippen LogP contribution in [0, 0.1) is 0 Å². The van der Waals surface area contributed by atoms with E-state index in [2.05, 4.69) is 12.2 Å². The minimum Gasteiger partial charge on any atom is -0.355 e. The summed E-state index contributed by atoms with van der Waals surface area (Å²) in [5, 5.41) is 4.03. The molecule has 0 spiro atoms. The number of hydrogen-bond acceptors (Lipinski definition) is 5. The second-order valence-corrected chi connectivity index (χ2v) is 8.43. The Labute approximate surface area is 149 Å². The van der Waals surface area contributed by atoms with Crippen LogP contribution in [-0.4, -0.2) is 27.3 Å². The molecule has 2 aromatic heterocycles. The van der Waals surface area contributed by atoms with Gasteiger partial charge in [-0.25, -0.2) is 4.98 Å². The highest BCUT2D eigenvalue weighted by Crippen LogP contribution is 2.36. The SMILES string of the molecule is CCCn1c(S[C@@H](C)C(=O)NCC)nc2sc3c(c2c1=O)CCC3. The molecule has 0 unspecified atom stereocenters.